The zero-order chi connectivity index (χ0) is 17.4. The van der Waals surface area contributed by atoms with Gasteiger partial charge in [0.15, 0.2) is 0 Å². The molecule has 0 saturated carbocycles. The van der Waals surface area contributed by atoms with E-state index in [1.165, 1.54) is 11.1 Å². The number of hydrogen-bond acceptors (Lipinski definition) is 3. The summed E-state index contributed by atoms with van der Waals surface area (Å²) in [5, 5.41) is 3.42. The topological polar surface area (TPSA) is 34.1 Å². The number of hydrogen-bond donors (Lipinski definition) is 1. The molecule has 2 rings (SSSR count). The maximum absolute atomic E-state index is 5.85. The first-order valence-corrected chi connectivity index (χ1v) is 8.56. The standard InChI is InChI=1S/C21H28N2O/c1-5-18-7-8-20-9-10-22-21(13-20)23-17(4)12-19(6-2)15-24-14-16(3)11-18/h5-6,9-13,16-17H,1-2,7-8,14-15H2,3-4H3,(H,22,23). The Kier molecular flexibility index (Phi) is 7.01. The number of aromatic nitrogens is 1. The second-order valence-electron chi connectivity index (χ2n) is 6.37. The number of anilines is 1. The first-order chi connectivity index (χ1) is 11.6. The van der Waals surface area contributed by atoms with Crippen LogP contribution in [0.3, 0.4) is 0 Å². The normalized spacial score (nSPS) is 22.9. The molecule has 0 aliphatic carbocycles. The minimum Gasteiger partial charge on any atom is -0.376 e. The van der Waals surface area contributed by atoms with Gasteiger partial charge in [-0.3, -0.25) is 0 Å². The highest BCUT2D eigenvalue weighted by Crippen LogP contribution is 2.17. The van der Waals surface area contributed by atoms with Crippen LogP contribution in [0.1, 0.15) is 25.8 Å². The smallest absolute Gasteiger partial charge is 0.126 e. The molecule has 0 fully saturated rings. The van der Waals surface area contributed by atoms with Gasteiger partial charge in [-0.05, 0) is 49.0 Å². The quantitative estimate of drug-likeness (QED) is 0.856. The molecule has 0 amide bonds. The zero-order valence-corrected chi connectivity index (χ0v) is 14.8. The van der Waals surface area contributed by atoms with E-state index >= 15 is 0 Å². The first kappa shape index (κ1) is 18.2. The summed E-state index contributed by atoms with van der Waals surface area (Å²) < 4.78 is 5.85. The number of fused-ring (bicyclic) bond motifs is 2. The summed E-state index contributed by atoms with van der Waals surface area (Å²) in [5.74, 6) is 1.26. The fraction of sp³-hybridized carbons (Fsp3) is 0.381. The van der Waals surface area contributed by atoms with Crippen molar-refractivity contribution in [3.05, 3.63) is 72.5 Å². The third kappa shape index (κ3) is 5.82. The van der Waals surface area contributed by atoms with Crippen molar-refractivity contribution in [1.29, 1.82) is 0 Å². The van der Waals surface area contributed by atoms with Gasteiger partial charge in [0.1, 0.15) is 5.82 Å². The summed E-state index contributed by atoms with van der Waals surface area (Å²) in [5.41, 5.74) is 3.63. The van der Waals surface area contributed by atoms with Crippen molar-refractivity contribution in [2.24, 2.45) is 5.92 Å². The molecule has 2 unspecified atom stereocenters. The molecule has 2 heterocycles. The molecule has 1 N–H and O–H groups in total. The molecule has 1 aromatic heterocycles. The fourth-order valence-electron chi connectivity index (χ4n) is 2.80. The number of ether oxygens (including phenoxy) is 1. The Morgan fingerprint density at radius 3 is 2.71 bits per heavy atom. The number of aryl methyl sites for hydroxylation is 1. The summed E-state index contributed by atoms with van der Waals surface area (Å²) in [7, 11) is 0. The minimum absolute atomic E-state index is 0.161. The average Bonchev–Trinajstić information content (AvgIpc) is 2.57. The number of nitrogens with zero attached hydrogens (tertiary/aromatic N) is 1. The summed E-state index contributed by atoms with van der Waals surface area (Å²) in [6.45, 7) is 13.4. The van der Waals surface area contributed by atoms with Crippen molar-refractivity contribution in [1.82, 2.24) is 4.98 Å². The van der Waals surface area contributed by atoms with E-state index in [1.807, 2.05) is 18.3 Å². The van der Waals surface area contributed by atoms with Crippen LogP contribution in [0.4, 0.5) is 5.82 Å². The van der Waals surface area contributed by atoms with Crippen LogP contribution in [0, 0.1) is 5.92 Å². The summed E-state index contributed by atoms with van der Waals surface area (Å²) in [4.78, 5) is 4.42. The maximum Gasteiger partial charge on any atom is 0.126 e. The second-order valence-corrected chi connectivity index (χ2v) is 6.37. The van der Waals surface area contributed by atoms with E-state index in [9.17, 15) is 0 Å². The molecule has 3 heteroatoms. The van der Waals surface area contributed by atoms with Crippen LogP contribution in [-0.2, 0) is 11.2 Å². The predicted molar refractivity (Wildman–Crippen MR) is 102 cm³/mol. The molecule has 2 bridgehead atoms. The van der Waals surface area contributed by atoms with Gasteiger partial charge in [-0.2, -0.15) is 0 Å². The van der Waals surface area contributed by atoms with E-state index in [1.54, 1.807) is 0 Å². The van der Waals surface area contributed by atoms with Crippen molar-refractivity contribution in [2.75, 3.05) is 18.5 Å². The summed E-state index contributed by atoms with van der Waals surface area (Å²) in [6.07, 6.45) is 12.0. The van der Waals surface area contributed by atoms with Gasteiger partial charge < -0.3 is 10.1 Å². The average molecular weight is 324 g/mol. The van der Waals surface area contributed by atoms with Crippen LogP contribution in [0.25, 0.3) is 0 Å². The molecule has 3 nitrogen and oxygen atoms in total. The minimum atomic E-state index is 0.161. The molecule has 24 heavy (non-hydrogen) atoms. The molecule has 2 atom stereocenters. The molecule has 1 aliphatic heterocycles. The van der Waals surface area contributed by atoms with E-state index in [0.29, 0.717) is 19.1 Å². The van der Waals surface area contributed by atoms with Gasteiger partial charge in [-0.1, -0.05) is 50.0 Å². The second kappa shape index (κ2) is 9.24. The van der Waals surface area contributed by atoms with Gasteiger partial charge in [0.2, 0.25) is 0 Å². The summed E-state index contributed by atoms with van der Waals surface area (Å²) >= 11 is 0. The largest absolute Gasteiger partial charge is 0.376 e. The monoisotopic (exact) mass is 324 g/mol. The molecule has 1 aliphatic rings. The number of rotatable bonds is 2. The van der Waals surface area contributed by atoms with Gasteiger partial charge in [-0.25, -0.2) is 4.98 Å². The van der Waals surface area contributed by atoms with Crippen LogP contribution in [0.15, 0.2) is 66.9 Å². The van der Waals surface area contributed by atoms with Gasteiger partial charge in [0.25, 0.3) is 0 Å². The third-order valence-electron chi connectivity index (χ3n) is 4.04. The van der Waals surface area contributed by atoms with Crippen LogP contribution in [-0.4, -0.2) is 24.2 Å². The lowest BCUT2D eigenvalue weighted by molar-refractivity contribution is 0.138. The SMILES string of the molecule is C=CC1=CC(C)COCC(C=C)=CC(C)Nc2cc(ccn2)CC1. The Morgan fingerprint density at radius 1 is 1.17 bits per heavy atom. The molecule has 128 valence electrons. The van der Waals surface area contributed by atoms with Gasteiger partial charge in [0, 0.05) is 12.2 Å². The molecule has 0 aromatic carbocycles. The molecule has 0 radical (unpaired) electrons. The van der Waals surface area contributed by atoms with Crippen molar-refractivity contribution in [3.8, 4) is 0 Å². The number of pyridine rings is 1. The highest BCUT2D eigenvalue weighted by molar-refractivity contribution is 5.40. The highest BCUT2D eigenvalue weighted by atomic mass is 16.5. The Morgan fingerprint density at radius 2 is 1.96 bits per heavy atom. The van der Waals surface area contributed by atoms with Gasteiger partial charge >= 0.3 is 0 Å². The lowest BCUT2D eigenvalue weighted by Crippen LogP contribution is -2.15. The third-order valence-corrected chi connectivity index (χ3v) is 4.04. The zero-order valence-electron chi connectivity index (χ0n) is 14.8. The van der Waals surface area contributed by atoms with Crippen LogP contribution < -0.4 is 5.32 Å². The van der Waals surface area contributed by atoms with Gasteiger partial charge in [-0.15, -0.1) is 0 Å². The van der Waals surface area contributed by atoms with E-state index in [4.69, 9.17) is 4.74 Å². The first-order valence-electron chi connectivity index (χ1n) is 8.56. The molecule has 0 spiro atoms. The van der Waals surface area contributed by atoms with Crippen LogP contribution >= 0.6 is 0 Å². The maximum atomic E-state index is 5.85. The van der Waals surface area contributed by atoms with Crippen molar-refractivity contribution >= 4 is 5.82 Å². The van der Waals surface area contributed by atoms with Crippen molar-refractivity contribution < 1.29 is 4.74 Å². The predicted octanol–water partition coefficient (Wildman–Crippen LogP) is 4.71. The lowest BCUT2D eigenvalue weighted by Gasteiger charge is -2.13. The van der Waals surface area contributed by atoms with E-state index < -0.39 is 0 Å². The van der Waals surface area contributed by atoms with Crippen LogP contribution in [0.2, 0.25) is 0 Å². The molecule has 0 saturated heterocycles. The van der Waals surface area contributed by atoms with Crippen molar-refractivity contribution in [2.45, 2.75) is 32.7 Å². The Balaban J connectivity index is 2.26. The van der Waals surface area contributed by atoms with Crippen molar-refractivity contribution in [3.63, 3.8) is 0 Å². The Bertz CT molecular complexity index is 630. The van der Waals surface area contributed by atoms with Crippen LogP contribution in [0.5, 0.6) is 0 Å². The summed E-state index contributed by atoms with van der Waals surface area (Å²) in [6, 6.07) is 4.36. The van der Waals surface area contributed by atoms with Gasteiger partial charge in [0.05, 0.1) is 13.2 Å². The molecular formula is C21H28N2O. The Labute approximate surface area is 145 Å². The van der Waals surface area contributed by atoms with E-state index in [2.05, 4.69) is 61.6 Å². The fourth-order valence-corrected chi connectivity index (χ4v) is 2.80. The Hall–Kier alpha value is -2.13. The number of allylic oxidation sites excluding steroid dienone is 2. The number of nitrogens with one attached hydrogen (secondary N) is 1. The van der Waals surface area contributed by atoms with E-state index in [-0.39, 0.29) is 6.04 Å². The molecule has 1 aromatic rings. The highest BCUT2D eigenvalue weighted by Gasteiger charge is 2.07. The van der Waals surface area contributed by atoms with E-state index in [0.717, 1.165) is 24.2 Å². The lowest BCUT2D eigenvalue weighted by atomic mass is 10.0. The molecular weight excluding hydrogens is 296 g/mol.